The van der Waals surface area contributed by atoms with E-state index in [-0.39, 0.29) is 5.91 Å². The van der Waals surface area contributed by atoms with Gasteiger partial charge in [-0.1, -0.05) is 30.0 Å². The number of para-hydroxylation sites is 1. The highest BCUT2D eigenvalue weighted by atomic mass is 32.2. The molecule has 2 aromatic heterocycles. The number of hydrogen-bond donors (Lipinski definition) is 1. The van der Waals surface area contributed by atoms with E-state index in [9.17, 15) is 4.79 Å². The minimum Gasteiger partial charge on any atom is -0.472 e. The van der Waals surface area contributed by atoms with Gasteiger partial charge >= 0.3 is 0 Å². The smallest absolute Gasteiger partial charge is 0.258 e. The first-order chi connectivity index (χ1) is 10.8. The molecule has 0 spiro atoms. The molecule has 0 fully saturated rings. The van der Waals surface area contributed by atoms with Crippen molar-refractivity contribution in [1.82, 2.24) is 9.55 Å². The molecule has 110 valence electrons. The molecule has 1 aliphatic heterocycles. The number of carbonyl (C=O) groups is 1. The van der Waals surface area contributed by atoms with E-state index >= 15 is 0 Å². The molecule has 1 N–H and O–H groups in total. The fraction of sp³-hybridized carbons (Fsp3) is 0.125. The van der Waals surface area contributed by atoms with Gasteiger partial charge in [0.2, 0.25) is 0 Å². The van der Waals surface area contributed by atoms with Gasteiger partial charge in [0.05, 0.1) is 23.2 Å². The van der Waals surface area contributed by atoms with Crippen LogP contribution in [0.5, 0.6) is 0 Å². The number of aromatic nitrogens is 2. The molecule has 0 unspecified atom stereocenters. The lowest BCUT2D eigenvalue weighted by molar-refractivity contribution is 0.102. The van der Waals surface area contributed by atoms with Crippen LogP contribution in [0.3, 0.4) is 0 Å². The number of rotatable bonds is 3. The highest BCUT2D eigenvalue weighted by Gasteiger charge is 2.18. The quantitative estimate of drug-likeness (QED) is 0.804. The number of fused-ring (bicyclic) bond motifs is 1. The molecule has 1 aromatic carbocycles. The van der Waals surface area contributed by atoms with Crippen LogP contribution in [-0.4, -0.2) is 21.2 Å². The number of benzene rings is 1. The predicted molar refractivity (Wildman–Crippen MR) is 85.0 cm³/mol. The summed E-state index contributed by atoms with van der Waals surface area (Å²) in [6.07, 6.45) is 4.95. The summed E-state index contributed by atoms with van der Waals surface area (Å²) in [5, 5.41) is 3.95. The van der Waals surface area contributed by atoms with Gasteiger partial charge in [-0.25, -0.2) is 4.98 Å². The molecular formula is C16H13N3O2S. The van der Waals surface area contributed by atoms with E-state index in [1.165, 1.54) is 12.5 Å². The van der Waals surface area contributed by atoms with E-state index in [0.29, 0.717) is 5.56 Å². The van der Waals surface area contributed by atoms with E-state index in [1.807, 2.05) is 30.5 Å². The summed E-state index contributed by atoms with van der Waals surface area (Å²) in [4.78, 5) is 16.8. The summed E-state index contributed by atoms with van der Waals surface area (Å²) in [6.45, 7) is 0.983. The molecule has 0 atom stereocenters. The molecule has 1 amide bonds. The zero-order valence-corrected chi connectivity index (χ0v) is 12.5. The average Bonchev–Trinajstić information content (AvgIpc) is 3.24. The third-order valence-electron chi connectivity index (χ3n) is 3.54. The highest BCUT2D eigenvalue weighted by Crippen LogP contribution is 2.32. The van der Waals surface area contributed by atoms with Crippen LogP contribution in [-0.2, 0) is 6.54 Å². The van der Waals surface area contributed by atoms with Gasteiger partial charge in [0.25, 0.3) is 5.91 Å². The molecule has 5 nitrogen and oxygen atoms in total. The number of nitrogens with zero attached hydrogens (tertiary/aromatic N) is 2. The van der Waals surface area contributed by atoms with Gasteiger partial charge in [0.15, 0.2) is 5.16 Å². The van der Waals surface area contributed by atoms with E-state index in [2.05, 4.69) is 14.9 Å². The van der Waals surface area contributed by atoms with Crippen molar-refractivity contribution in [2.75, 3.05) is 11.1 Å². The second-order valence-electron chi connectivity index (χ2n) is 4.96. The molecule has 4 rings (SSSR count). The topological polar surface area (TPSA) is 60.1 Å². The molecule has 0 radical (unpaired) electrons. The normalized spacial score (nSPS) is 13.1. The standard InChI is InChI=1S/C16H13N3O2S/c20-15(11-5-7-21-10-11)17-13-4-2-1-3-12(13)14-9-19-6-8-22-16(19)18-14/h1-5,7,9-10H,6,8H2,(H,17,20). The summed E-state index contributed by atoms with van der Waals surface area (Å²) < 4.78 is 7.10. The summed E-state index contributed by atoms with van der Waals surface area (Å²) in [5.41, 5.74) is 3.04. The SMILES string of the molecule is O=C(Nc1ccccc1-c1cn2c(n1)SCC2)c1ccoc1. The number of hydrogen-bond acceptors (Lipinski definition) is 4. The Balaban J connectivity index is 1.67. The molecule has 0 aliphatic carbocycles. The highest BCUT2D eigenvalue weighted by molar-refractivity contribution is 7.99. The van der Waals surface area contributed by atoms with Gasteiger partial charge < -0.3 is 14.3 Å². The van der Waals surface area contributed by atoms with Gasteiger partial charge in [0, 0.05) is 24.1 Å². The number of anilines is 1. The lowest BCUT2D eigenvalue weighted by Gasteiger charge is -2.08. The van der Waals surface area contributed by atoms with Crippen molar-refractivity contribution < 1.29 is 9.21 Å². The number of thioether (sulfide) groups is 1. The molecular weight excluding hydrogens is 298 g/mol. The molecule has 3 heterocycles. The van der Waals surface area contributed by atoms with Crippen molar-refractivity contribution in [2.24, 2.45) is 0 Å². The summed E-state index contributed by atoms with van der Waals surface area (Å²) in [6, 6.07) is 9.33. The average molecular weight is 311 g/mol. The van der Waals surface area contributed by atoms with Crippen LogP contribution in [0.25, 0.3) is 11.3 Å². The second kappa shape index (κ2) is 5.38. The first-order valence-corrected chi connectivity index (χ1v) is 7.93. The van der Waals surface area contributed by atoms with E-state index < -0.39 is 0 Å². The maximum Gasteiger partial charge on any atom is 0.258 e. The van der Waals surface area contributed by atoms with Crippen molar-refractivity contribution in [3.05, 3.63) is 54.6 Å². The molecule has 22 heavy (non-hydrogen) atoms. The molecule has 0 saturated heterocycles. The zero-order chi connectivity index (χ0) is 14.9. The third kappa shape index (κ3) is 2.31. The first kappa shape index (κ1) is 13.2. The van der Waals surface area contributed by atoms with Crippen molar-refractivity contribution in [2.45, 2.75) is 11.7 Å². The monoisotopic (exact) mass is 311 g/mol. The van der Waals surface area contributed by atoms with E-state index in [4.69, 9.17) is 4.42 Å². The molecule has 0 saturated carbocycles. The van der Waals surface area contributed by atoms with E-state index in [0.717, 1.165) is 34.4 Å². The molecule has 0 bridgehead atoms. The number of amides is 1. The Kier molecular flexibility index (Phi) is 3.23. The number of furan rings is 1. The Morgan fingerprint density at radius 2 is 2.23 bits per heavy atom. The van der Waals surface area contributed by atoms with Crippen LogP contribution in [0.1, 0.15) is 10.4 Å². The molecule has 1 aliphatic rings. The zero-order valence-electron chi connectivity index (χ0n) is 11.7. The second-order valence-corrected chi connectivity index (χ2v) is 6.02. The lowest BCUT2D eigenvalue weighted by atomic mass is 10.1. The van der Waals surface area contributed by atoms with Crippen LogP contribution < -0.4 is 5.32 Å². The largest absolute Gasteiger partial charge is 0.472 e. The fourth-order valence-electron chi connectivity index (χ4n) is 2.44. The summed E-state index contributed by atoms with van der Waals surface area (Å²) >= 11 is 1.75. The maximum atomic E-state index is 12.2. The fourth-order valence-corrected chi connectivity index (χ4v) is 3.39. The first-order valence-electron chi connectivity index (χ1n) is 6.94. The Bertz CT molecular complexity index is 802. The Morgan fingerprint density at radius 3 is 3.05 bits per heavy atom. The van der Waals surface area contributed by atoms with E-state index in [1.54, 1.807) is 17.8 Å². The summed E-state index contributed by atoms with van der Waals surface area (Å²) in [5.74, 6) is 0.879. The van der Waals surface area contributed by atoms with Crippen LogP contribution in [0, 0.1) is 0 Å². The maximum absolute atomic E-state index is 12.2. The van der Waals surface area contributed by atoms with Gasteiger partial charge in [-0.3, -0.25) is 4.79 Å². The molecule has 3 aromatic rings. The van der Waals surface area contributed by atoms with Crippen LogP contribution in [0.15, 0.2) is 58.6 Å². The Morgan fingerprint density at radius 1 is 1.32 bits per heavy atom. The van der Waals surface area contributed by atoms with Crippen LogP contribution in [0.4, 0.5) is 5.69 Å². The van der Waals surface area contributed by atoms with Crippen LogP contribution >= 0.6 is 11.8 Å². The number of imidazole rings is 1. The van der Waals surface area contributed by atoms with Crippen LogP contribution in [0.2, 0.25) is 0 Å². The Labute approximate surface area is 131 Å². The third-order valence-corrected chi connectivity index (χ3v) is 4.51. The van der Waals surface area contributed by atoms with Gasteiger partial charge in [-0.2, -0.15) is 0 Å². The van der Waals surface area contributed by atoms with Crippen molar-refractivity contribution in [1.29, 1.82) is 0 Å². The molecule has 6 heteroatoms. The Hall–Kier alpha value is -2.47. The van der Waals surface area contributed by atoms with Gasteiger partial charge in [-0.05, 0) is 12.1 Å². The van der Waals surface area contributed by atoms with Crippen molar-refractivity contribution in [3.8, 4) is 11.3 Å². The van der Waals surface area contributed by atoms with Gasteiger partial charge in [-0.15, -0.1) is 0 Å². The minimum absolute atomic E-state index is 0.192. The summed E-state index contributed by atoms with van der Waals surface area (Å²) in [7, 11) is 0. The van der Waals surface area contributed by atoms with Crippen molar-refractivity contribution >= 4 is 23.4 Å². The number of carbonyl (C=O) groups excluding carboxylic acids is 1. The number of nitrogens with one attached hydrogen (secondary N) is 1. The van der Waals surface area contributed by atoms with Crippen molar-refractivity contribution in [3.63, 3.8) is 0 Å². The minimum atomic E-state index is -0.192. The number of aryl methyl sites for hydroxylation is 1. The van der Waals surface area contributed by atoms with Gasteiger partial charge in [0.1, 0.15) is 6.26 Å². The predicted octanol–water partition coefficient (Wildman–Crippen LogP) is 3.50. The lowest BCUT2D eigenvalue weighted by Crippen LogP contribution is -2.11.